The standard InChI is InChI=1S/C17H25NO/c1-3-17(4-2)12-18-15-11-7-9-13-8-5-6-10-14(13)16(15)19-17/h5-6,8,10,15-16,18H,3-4,7,9,11-12H2,1-2H3. The second-order valence-corrected chi connectivity index (χ2v) is 6.01. The van der Waals surface area contributed by atoms with Gasteiger partial charge >= 0.3 is 0 Å². The van der Waals surface area contributed by atoms with Gasteiger partial charge in [-0.3, -0.25) is 0 Å². The van der Waals surface area contributed by atoms with Crippen LogP contribution in [0.4, 0.5) is 0 Å². The Bertz CT molecular complexity index is 439. The van der Waals surface area contributed by atoms with Crippen LogP contribution >= 0.6 is 0 Å². The normalized spacial score (nSPS) is 29.2. The zero-order valence-electron chi connectivity index (χ0n) is 12.1. The summed E-state index contributed by atoms with van der Waals surface area (Å²) >= 11 is 0. The Kier molecular flexibility index (Phi) is 3.64. The van der Waals surface area contributed by atoms with Crippen molar-refractivity contribution in [2.24, 2.45) is 0 Å². The van der Waals surface area contributed by atoms with E-state index in [9.17, 15) is 0 Å². The maximum atomic E-state index is 6.62. The number of morpholine rings is 1. The highest BCUT2D eigenvalue weighted by molar-refractivity contribution is 5.32. The van der Waals surface area contributed by atoms with Crippen LogP contribution in [-0.2, 0) is 11.2 Å². The quantitative estimate of drug-likeness (QED) is 0.876. The molecule has 3 rings (SSSR count). The summed E-state index contributed by atoms with van der Waals surface area (Å²) in [5.41, 5.74) is 2.93. The zero-order chi connectivity index (χ0) is 13.3. The summed E-state index contributed by atoms with van der Waals surface area (Å²) in [5, 5.41) is 3.77. The number of nitrogens with one attached hydrogen (secondary N) is 1. The monoisotopic (exact) mass is 259 g/mol. The molecule has 0 radical (unpaired) electrons. The molecule has 1 aliphatic carbocycles. The van der Waals surface area contributed by atoms with E-state index in [2.05, 4.69) is 43.4 Å². The van der Waals surface area contributed by atoms with Crippen molar-refractivity contribution in [3.05, 3.63) is 35.4 Å². The molecule has 2 unspecified atom stereocenters. The highest BCUT2D eigenvalue weighted by Gasteiger charge is 2.41. The van der Waals surface area contributed by atoms with Gasteiger partial charge in [0.1, 0.15) is 0 Å². The van der Waals surface area contributed by atoms with Crippen LogP contribution in [0.1, 0.15) is 56.8 Å². The molecule has 1 aromatic carbocycles. The molecule has 2 heteroatoms. The van der Waals surface area contributed by atoms with Crippen molar-refractivity contribution in [2.45, 2.75) is 63.7 Å². The lowest BCUT2D eigenvalue weighted by Crippen LogP contribution is -2.55. The number of hydrogen-bond donors (Lipinski definition) is 1. The van der Waals surface area contributed by atoms with E-state index in [0.717, 1.165) is 19.4 Å². The Morgan fingerprint density at radius 1 is 1.26 bits per heavy atom. The Balaban J connectivity index is 1.95. The first kappa shape index (κ1) is 13.1. The highest BCUT2D eigenvalue weighted by atomic mass is 16.5. The summed E-state index contributed by atoms with van der Waals surface area (Å²) in [4.78, 5) is 0. The minimum absolute atomic E-state index is 0.0264. The van der Waals surface area contributed by atoms with Gasteiger partial charge in [0.05, 0.1) is 11.7 Å². The third-order valence-corrected chi connectivity index (χ3v) is 5.04. The summed E-state index contributed by atoms with van der Waals surface area (Å²) < 4.78 is 6.62. The van der Waals surface area contributed by atoms with E-state index in [1.807, 2.05) is 0 Å². The van der Waals surface area contributed by atoms with E-state index in [1.54, 1.807) is 0 Å². The van der Waals surface area contributed by atoms with Crippen LogP contribution in [0.15, 0.2) is 24.3 Å². The van der Waals surface area contributed by atoms with E-state index in [-0.39, 0.29) is 11.7 Å². The molecule has 0 bridgehead atoms. The van der Waals surface area contributed by atoms with Crippen molar-refractivity contribution in [3.63, 3.8) is 0 Å². The number of fused-ring (bicyclic) bond motifs is 3. The second-order valence-electron chi connectivity index (χ2n) is 6.01. The van der Waals surface area contributed by atoms with E-state index in [1.165, 1.54) is 30.4 Å². The van der Waals surface area contributed by atoms with E-state index >= 15 is 0 Å². The maximum Gasteiger partial charge on any atom is 0.0988 e. The molecule has 0 spiro atoms. The fraction of sp³-hybridized carbons (Fsp3) is 0.647. The first-order chi connectivity index (χ1) is 9.28. The lowest BCUT2D eigenvalue weighted by atomic mass is 9.89. The van der Waals surface area contributed by atoms with Gasteiger partial charge in [0.25, 0.3) is 0 Å². The number of ether oxygens (including phenoxy) is 1. The van der Waals surface area contributed by atoms with Crippen LogP contribution in [0.2, 0.25) is 0 Å². The molecule has 0 saturated carbocycles. The van der Waals surface area contributed by atoms with Gasteiger partial charge in [-0.1, -0.05) is 38.1 Å². The molecule has 2 aliphatic rings. The largest absolute Gasteiger partial charge is 0.364 e. The molecule has 19 heavy (non-hydrogen) atoms. The molecule has 0 amide bonds. The lowest BCUT2D eigenvalue weighted by molar-refractivity contribution is -0.142. The molecule has 1 N–H and O–H groups in total. The van der Waals surface area contributed by atoms with Gasteiger partial charge in [-0.05, 0) is 43.2 Å². The Hall–Kier alpha value is -0.860. The van der Waals surface area contributed by atoms with Crippen molar-refractivity contribution in [1.29, 1.82) is 0 Å². The molecule has 1 fully saturated rings. The van der Waals surface area contributed by atoms with Crippen molar-refractivity contribution in [1.82, 2.24) is 5.32 Å². The first-order valence-corrected chi connectivity index (χ1v) is 7.77. The fourth-order valence-electron chi connectivity index (χ4n) is 3.57. The van der Waals surface area contributed by atoms with Gasteiger partial charge in [0.15, 0.2) is 0 Å². The summed E-state index contributed by atoms with van der Waals surface area (Å²) in [6.07, 6.45) is 6.10. The van der Waals surface area contributed by atoms with Crippen molar-refractivity contribution in [3.8, 4) is 0 Å². The van der Waals surface area contributed by atoms with Crippen LogP contribution in [0, 0.1) is 0 Å². The predicted molar refractivity (Wildman–Crippen MR) is 78.3 cm³/mol. The highest BCUT2D eigenvalue weighted by Crippen LogP contribution is 2.39. The molecule has 0 aromatic heterocycles. The Morgan fingerprint density at radius 3 is 2.84 bits per heavy atom. The van der Waals surface area contributed by atoms with Gasteiger partial charge in [-0.25, -0.2) is 0 Å². The van der Waals surface area contributed by atoms with Crippen LogP contribution in [0.25, 0.3) is 0 Å². The van der Waals surface area contributed by atoms with Crippen molar-refractivity contribution < 1.29 is 4.74 Å². The Morgan fingerprint density at radius 2 is 2.05 bits per heavy atom. The minimum Gasteiger partial charge on any atom is -0.364 e. The molecule has 1 aliphatic heterocycles. The van der Waals surface area contributed by atoms with Crippen molar-refractivity contribution >= 4 is 0 Å². The molecule has 1 aromatic rings. The molecular formula is C17H25NO. The lowest BCUT2D eigenvalue weighted by Gasteiger charge is -2.45. The molecule has 1 saturated heterocycles. The van der Waals surface area contributed by atoms with Crippen LogP contribution in [-0.4, -0.2) is 18.2 Å². The number of benzene rings is 1. The van der Waals surface area contributed by atoms with Gasteiger partial charge in [-0.15, -0.1) is 0 Å². The number of hydrogen-bond acceptors (Lipinski definition) is 2. The van der Waals surface area contributed by atoms with E-state index in [4.69, 9.17) is 4.74 Å². The van der Waals surface area contributed by atoms with Crippen molar-refractivity contribution in [2.75, 3.05) is 6.54 Å². The van der Waals surface area contributed by atoms with Gasteiger partial charge in [-0.2, -0.15) is 0 Å². The van der Waals surface area contributed by atoms with Crippen LogP contribution in [0.3, 0.4) is 0 Å². The molecule has 104 valence electrons. The first-order valence-electron chi connectivity index (χ1n) is 7.77. The molecule has 1 heterocycles. The zero-order valence-corrected chi connectivity index (χ0v) is 12.1. The summed E-state index contributed by atoms with van der Waals surface area (Å²) in [6.45, 7) is 5.49. The summed E-state index contributed by atoms with van der Waals surface area (Å²) in [7, 11) is 0. The summed E-state index contributed by atoms with van der Waals surface area (Å²) in [6, 6.07) is 9.34. The minimum atomic E-state index is 0.0264. The average Bonchev–Trinajstić information content (AvgIpc) is 2.66. The molecule has 2 atom stereocenters. The van der Waals surface area contributed by atoms with Gasteiger partial charge in [0, 0.05) is 12.6 Å². The molecular weight excluding hydrogens is 234 g/mol. The third kappa shape index (κ3) is 2.32. The fourth-order valence-corrected chi connectivity index (χ4v) is 3.57. The van der Waals surface area contributed by atoms with Crippen LogP contribution in [0.5, 0.6) is 0 Å². The van der Waals surface area contributed by atoms with E-state index < -0.39 is 0 Å². The average molecular weight is 259 g/mol. The summed E-state index contributed by atoms with van der Waals surface area (Å²) in [5.74, 6) is 0. The number of aryl methyl sites for hydroxylation is 1. The smallest absolute Gasteiger partial charge is 0.0988 e. The van der Waals surface area contributed by atoms with Gasteiger partial charge < -0.3 is 10.1 Å². The number of rotatable bonds is 2. The topological polar surface area (TPSA) is 21.3 Å². The van der Waals surface area contributed by atoms with Gasteiger partial charge in [0.2, 0.25) is 0 Å². The third-order valence-electron chi connectivity index (χ3n) is 5.04. The Labute approximate surface area is 116 Å². The second kappa shape index (κ2) is 5.26. The SMILES string of the molecule is CCC1(CC)CNC2CCCc3ccccc3C2O1. The molecule has 2 nitrogen and oxygen atoms in total. The van der Waals surface area contributed by atoms with Crippen LogP contribution < -0.4 is 5.32 Å². The van der Waals surface area contributed by atoms with E-state index in [0.29, 0.717) is 6.04 Å². The predicted octanol–water partition coefficient (Wildman–Crippen LogP) is 3.61. The maximum absolute atomic E-state index is 6.62.